The van der Waals surface area contributed by atoms with Crippen LogP contribution in [0.1, 0.15) is 25.7 Å². The normalized spacial score (nSPS) is 25.9. The van der Waals surface area contributed by atoms with E-state index in [1.165, 1.54) is 11.0 Å². The summed E-state index contributed by atoms with van der Waals surface area (Å²) < 4.78 is 48.9. The van der Waals surface area contributed by atoms with Crippen LogP contribution in [0.15, 0.2) is 54.9 Å². The van der Waals surface area contributed by atoms with Crippen molar-refractivity contribution < 1.29 is 22.7 Å². The van der Waals surface area contributed by atoms with Crippen LogP contribution in [0.3, 0.4) is 0 Å². The average molecular weight is 635 g/mol. The Morgan fingerprint density at radius 3 is 2.80 bits per heavy atom. The van der Waals surface area contributed by atoms with E-state index in [0.717, 1.165) is 24.8 Å². The molecule has 232 valence electrons. The molecule has 0 spiro atoms. The number of hydrogen-bond acceptors (Lipinski definition) is 7. The second-order valence-corrected chi connectivity index (χ2v) is 12.9. The van der Waals surface area contributed by atoms with E-state index >= 15 is 0 Å². The molecule has 8 nitrogen and oxygen atoms in total. The van der Waals surface area contributed by atoms with Gasteiger partial charge in [-0.2, -0.15) is 9.97 Å². The van der Waals surface area contributed by atoms with Gasteiger partial charge in [-0.05, 0) is 49.4 Å². The first-order chi connectivity index (χ1) is 21.7. The Hall–Kier alpha value is -3.96. The lowest BCUT2D eigenvalue weighted by Gasteiger charge is -2.47. The average Bonchev–Trinajstić information content (AvgIpc) is 3.66. The molecule has 8 rings (SSSR count). The minimum absolute atomic E-state index is 0.0171. The van der Waals surface area contributed by atoms with Crippen molar-refractivity contribution in [3.8, 4) is 17.3 Å². The lowest BCUT2D eigenvalue weighted by atomic mass is 9.95. The van der Waals surface area contributed by atoms with Crippen LogP contribution in [-0.4, -0.2) is 87.2 Å². The van der Waals surface area contributed by atoms with Crippen molar-refractivity contribution in [2.75, 3.05) is 37.7 Å². The van der Waals surface area contributed by atoms with Crippen LogP contribution in [0.2, 0.25) is 5.02 Å². The zero-order valence-corrected chi connectivity index (χ0v) is 25.1. The third-order valence-electron chi connectivity index (χ3n) is 10.0. The molecule has 12 heteroatoms. The first kappa shape index (κ1) is 28.5. The predicted molar refractivity (Wildman–Crippen MR) is 165 cm³/mol. The SMILES string of the molecule is C=C(F)C(=O)N1CC[C@@H]2[C@H]1CN2c1nc(OC[C@@]23CCCN2C[C@H](F)C3)nc2nc(-c3cccc4ccc(F)c(Cl)c34)ccc12. The van der Waals surface area contributed by atoms with Gasteiger partial charge in [0, 0.05) is 37.0 Å². The number of halogens is 4. The summed E-state index contributed by atoms with van der Waals surface area (Å²) >= 11 is 6.44. The number of alkyl halides is 1. The number of fused-ring (bicyclic) bond motifs is 4. The maximum Gasteiger partial charge on any atom is 0.320 e. The van der Waals surface area contributed by atoms with Gasteiger partial charge in [-0.15, -0.1) is 0 Å². The van der Waals surface area contributed by atoms with E-state index in [4.69, 9.17) is 31.3 Å². The number of carbonyl (C=O) groups excluding carboxylic acids is 1. The van der Waals surface area contributed by atoms with Gasteiger partial charge in [0.2, 0.25) is 0 Å². The summed E-state index contributed by atoms with van der Waals surface area (Å²) in [6.45, 7) is 5.55. The zero-order chi connectivity index (χ0) is 31.0. The molecule has 4 aromatic rings. The molecule has 2 aromatic carbocycles. The smallest absolute Gasteiger partial charge is 0.320 e. The highest BCUT2D eigenvalue weighted by molar-refractivity contribution is 6.36. The Balaban J connectivity index is 1.19. The molecule has 4 aliphatic rings. The number of benzene rings is 2. The standard InChI is InChI=1S/C33H30ClF3N6O2/c1-18(35)31(44)42-13-10-25-26(42)16-43(25)30-22-7-9-24(21-5-2-4-19-6-8-23(37)28(34)27(19)21)38-29(22)39-32(40-30)45-17-33-11-3-12-41(33)15-20(36)14-33/h2,4-9,20,25-26H,1,3,10-17H2/t20-,25-,26-,33+/m1/s1. The monoisotopic (exact) mass is 634 g/mol. The summed E-state index contributed by atoms with van der Waals surface area (Å²) in [5.74, 6) is -1.57. The molecule has 0 unspecified atom stereocenters. The van der Waals surface area contributed by atoms with E-state index in [1.807, 2.05) is 30.3 Å². The van der Waals surface area contributed by atoms with Gasteiger partial charge in [0.05, 0.1) is 33.7 Å². The van der Waals surface area contributed by atoms with E-state index < -0.39 is 23.7 Å². The van der Waals surface area contributed by atoms with E-state index in [1.54, 1.807) is 6.07 Å². The maximum atomic E-state index is 14.5. The lowest BCUT2D eigenvalue weighted by Crippen LogP contribution is -2.63. The second-order valence-electron chi connectivity index (χ2n) is 12.5. The topological polar surface area (TPSA) is 74.7 Å². The molecule has 0 aliphatic carbocycles. The maximum absolute atomic E-state index is 14.5. The van der Waals surface area contributed by atoms with Crippen LogP contribution >= 0.6 is 11.6 Å². The molecular weight excluding hydrogens is 605 g/mol. The van der Waals surface area contributed by atoms with Crippen molar-refractivity contribution in [2.45, 2.75) is 49.5 Å². The lowest BCUT2D eigenvalue weighted by molar-refractivity contribution is -0.130. The summed E-state index contributed by atoms with van der Waals surface area (Å²) in [5.41, 5.74) is 1.19. The van der Waals surface area contributed by atoms with Crippen molar-refractivity contribution >= 4 is 45.1 Å². The van der Waals surface area contributed by atoms with Crippen molar-refractivity contribution in [1.82, 2.24) is 24.8 Å². The highest BCUT2D eigenvalue weighted by atomic mass is 35.5. The van der Waals surface area contributed by atoms with Gasteiger partial charge < -0.3 is 14.5 Å². The summed E-state index contributed by atoms with van der Waals surface area (Å²) in [7, 11) is 0. The number of aromatic nitrogens is 3. The molecule has 6 heterocycles. The van der Waals surface area contributed by atoms with E-state index in [9.17, 15) is 18.0 Å². The molecule has 2 aromatic heterocycles. The van der Waals surface area contributed by atoms with Crippen LogP contribution in [0.25, 0.3) is 33.1 Å². The number of rotatable bonds is 6. The first-order valence-electron chi connectivity index (χ1n) is 15.2. The van der Waals surface area contributed by atoms with Gasteiger partial charge in [0.1, 0.15) is 24.4 Å². The Kier molecular flexibility index (Phi) is 6.69. The number of hydrogen-bond donors (Lipinski definition) is 0. The van der Waals surface area contributed by atoms with Gasteiger partial charge in [0.25, 0.3) is 5.91 Å². The number of ether oxygens (including phenoxy) is 1. The number of carbonyl (C=O) groups is 1. The number of anilines is 1. The van der Waals surface area contributed by atoms with E-state index in [2.05, 4.69) is 16.4 Å². The summed E-state index contributed by atoms with van der Waals surface area (Å²) in [5, 5.41) is 2.02. The minimum Gasteiger partial charge on any atom is -0.461 e. The fourth-order valence-electron chi connectivity index (χ4n) is 7.85. The van der Waals surface area contributed by atoms with Crippen LogP contribution in [0.5, 0.6) is 6.01 Å². The highest BCUT2D eigenvalue weighted by Crippen LogP contribution is 2.43. The second kappa shape index (κ2) is 10.6. The van der Waals surface area contributed by atoms with Crippen molar-refractivity contribution in [1.29, 1.82) is 0 Å². The van der Waals surface area contributed by atoms with Crippen LogP contribution in [0.4, 0.5) is 19.0 Å². The van der Waals surface area contributed by atoms with Crippen LogP contribution < -0.4 is 9.64 Å². The molecule has 1 amide bonds. The van der Waals surface area contributed by atoms with Crippen molar-refractivity contribution in [2.24, 2.45) is 0 Å². The third kappa shape index (κ3) is 4.53. The van der Waals surface area contributed by atoms with Gasteiger partial charge >= 0.3 is 6.01 Å². The molecule has 0 N–H and O–H groups in total. The molecule has 4 aliphatic heterocycles. The van der Waals surface area contributed by atoms with Gasteiger partial charge in [-0.1, -0.05) is 42.4 Å². The molecule has 4 atom stereocenters. The Labute approximate surface area is 262 Å². The molecule has 4 fully saturated rings. The molecule has 0 saturated carbocycles. The number of amides is 1. The molecule has 0 bridgehead atoms. The quantitative estimate of drug-likeness (QED) is 0.246. The van der Waals surface area contributed by atoms with E-state index in [-0.39, 0.29) is 35.3 Å². The summed E-state index contributed by atoms with van der Waals surface area (Å²) in [6, 6.07) is 12.2. The first-order valence-corrected chi connectivity index (χ1v) is 15.6. The minimum atomic E-state index is -0.967. The summed E-state index contributed by atoms with van der Waals surface area (Å²) in [4.78, 5) is 32.6. The Morgan fingerprint density at radius 1 is 1.09 bits per heavy atom. The largest absolute Gasteiger partial charge is 0.461 e. The fourth-order valence-corrected chi connectivity index (χ4v) is 8.12. The van der Waals surface area contributed by atoms with E-state index in [0.29, 0.717) is 66.0 Å². The van der Waals surface area contributed by atoms with Crippen molar-refractivity contribution in [3.05, 3.63) is 65.7 Å². The number of pyridine rings is 1. The van der Waals surface area contributed by atoms with Crippen molar-refractivity contribution in [3.63, 3.8) is 0 Å². The third-order valence-corrected chi connectivity index (χ3v) is 10.4. The Morgan fingerprint density at radius 2 is 1.96 bits per heavy atom. The fraction of sp³-hybridized carbons (Fsp3) is 0.394. The molecular formula is C33H30ClF3N6O2. The molecule has 0 radical (unpaired) electrons. The zero-order valence-electron chi connectivity index (χ0n) is 24.4. The highest BCUT2D eigenvalue weighted by Gasteiger charge is 2.51. The van der Waals surface area contributed by atoms with Crippen LogP contribution in [0, 0.1) is 5.82 Å². The van der Waals surface area contributed by atoms with Gasteiger partial charge in [0.15, 0.2) is 11.5 Å². The number of nitrogens with zero attached hydrogens (tertiary/aromatic N) is 6. The molecule has 45 heavy (non-hydrogen) atoms. The Bertz CT molecular complexity index is 1890. The van der Waals surface area contributed by atoms with Crippen LogP contribution in [-0.2, 0) is 4.79 Å². The predicted octanol–water partition coefficient (Wildman–Crippen LogP) is 5.87. The number of likely N-dealkylation sites (tertiary alicyclic amines) is 1. The van der Waals surface area contributed by atoms with Gasteiger partial charge in [-0.25, -0.2) is 18.2 Å². The molecule has 4 saturated heterocycles. The van der Waals surface area contributed by atoms with Gasteiger partial charge in [-0.3, -0.25) is 9.69 Å². The summed E-state index contributed by atoms with van der Waals surface area (Å²) in [6.07, 6.45) is 1.99.